The summed E-state index contributed by atoms with van der Waals surface area (Å²) >= 11 is 0. The van der Waals surface area contributed by atoms with Crippen molar-refractivity contribution in [2.75, 3.05) is 27.9 Å². The fourth-order valence-corrected chi connectivity index (χ4v) is 9.42. The van der Waals surface area contributed by atoms with E-state index in [-0.39, 0.29) is 48.5 Å². The van der Waals surface area contributed by atoms with Crippen LogP contribution in [-0.2, 0) is 42.9 Å². The minimum atomic E-state index is -2.46. The molecule has 3 aliphatic heterocycles. The maximum Gasteiger partial charge on any atom is 0.329 e. The van der Waals surface area contributed by atoms with Crippen LogP contribution in [-0.4, -0.2) is 115 Å². The van der Waals surface area contributed by atoms with E-state index in [1.54, 1.807) is 28.3 Å². The van der Waals surface area contributed by atoms with Gasteiger partial charge in [0.25, 0.3) is 11.7 Å². The summed E-state index contributed by atoms with van der Waals surface area (Å²) in [5, 5.41) is 22.7. The summed E-state index contributed by atoms with van der Waals surface area (Å²) in [5.41, 5.74) is 1.89. The fraction of sp³-hybridized carbons (Fsp3) is 0.814. The smallest absolute Gasteiger partial charge is 0.329 e. The lowest BCUT2D eigenvalue weighted by Crippen LogP contribution is -2.64. The molecule has 55 heavy (non-hydrogen) atoms. The van der Waals surface area contributed by atoms with Crippen molar-refractivity contribution in [2.45, 2.75) is 167 Å². The minimum absolute atomic E-state index is 0.0434. The van der Waals surface area contributed by atoms with Crippen LogP contribution < -0.4 is 0 Å². The number of allylic oxidation sites excluding steroid dienone is 3. The van der Waals surface area contributed by atoms with E-state index in [2.05, 4.69) is 19.1 Å². The zero-order chi connectivity index (χ0) is 40.6. The standard InChI is InChI=1S/C43H69NO11/c1-10-31-20-25(2)19-26(3)21-36(52-8)39-37(53-9)23-29(6)43(50,55-39)40(47)41(48)44-18-12-11-13-32(44)42(49)54-38(27(4)14-16-33(31)45)28(5)22-30-15-17-35(51-7)34(46)24-30/h20,22,26-27,29-32,34-39,46,50H,10-19,21,23-24H2,1-9H3/b25-20+,28-22?. The summed E-state index contributed by atoms with van der Waals surface area (Å²) in [7, 11) is 4.70. The molecule has 2 saturated heterocycles. The van der Waals surface area contributed by atoms with Gasteiger partial charge < -0.3 is 38.8 Å². The average Bonchev–Trinajstić information content (AvgIpc) is 3.16. The number of hydrogen-bond acceptors (Lipinski definition) is 11. The van der Waals surface area contributed by atoms with E-state index in [4.69, 9.17) is 23.7 Å². The van der Waals surface area contributed by atoms with Crippen molar-refractivity contribution < 1.29 is 53.1 Å². The second kappa shape index (κ2) is 20.3. The van der Waals surface area contributed by atoms with Crippen LogP contribution in [0.4, 0.5) is 0 Å². The summed E-state index contributed by atoms with van der Waals surface area (Å²) < 4.78 is 29.8. The molecule has 1 amide bonds. The Kier molecular flexibility index (Phi) is 16.7. The molecular weight excluding hydrogens is 706 g/mol. The van der Waals surface area contributed by atoms with E-state index >= 15 is 0 Å². The van der Waals surface area contributed by atoms with Gasteiger partial charge in [-0.05, 0) is 108 Å². The first-order valence-electron chi connectivity index (χ1n) is 20.7. The normalized spacial score (nSPS) is 40.7. The number of carbonyl (C=O) groups excluding carboxylic acids is 4. The van der Waals surface area contributed by atoms with Gasteiger partial charge in [-0.2, -0.15) is 0 Å². The molecule has 3 fully saturated rings. The lowest BCUT2D eigenvalue weighted by atomic mass is 9.82. The van der Waals surface area contributed by atoms with Crippen molar-refractivity contribution in [2.24, 2.45) is 29.6 Å². The van der Waals surface area contributed by atoms with E-state index in [1.807, 2.05) is 27.7 Å². The molecule has 0 aromatic rings. The Morgan fingerprint density at radius 2 is 1.62 bits per heavy atom. The molecule has 0 radical (unpaired) electrons. The zero-order valence-corrected chi connectivity index (χ0v) is 34.8. The van der Waals surface area contributed by atoms with Crippen molar-refractivity contribution in [1.29, 1.82) is 0 Å². The zero-order valence-electron chi connectivity index (χ0n) is 34.8. The van der Waals surface area contributed by atoms with E-state index in [0.29, 0.717) is 64.2 Å². The molecule has 2 N–H and O–H groups in total. The molecule has 312 valence electrons. The molecule has 2 bridgehead atoms. The van der Waals surface area contributed by atoms with Gasteiger partial charge in [-0.1, -0.05) is 45.4 Å². The van der Waals surface area contributed by atoms with Gasteiger partial charge in [-0.15, -0.1) is 0 Å². The number of methoxy groups -OCH3 is 3. The first kappa shape index (κ1) is 45.2. The third-order valence-electron chi connectivity index (χ3n) is 12.8. The minimum Gasteiger partial charge on any atom is -0.456 e. The summed E-state index contributed by atoms with van der Waals surface area (Å²) in [6, 6.07) is -1.04. The highest BCUT2D eigenvalue weighted by Crippen LogP contribution is 2.39. The number of amides is 1. The Morgan fingerprint density at radius 1 is 0.945 bits per heavy atom. The van der Waals surface area contributed by atoms with E-state index < -0.39 is 65.9 Å². The molecule has 3 heterocycles. The number of fused-ring (bicyclic) bond motifs is 3. The highest BCUT2D eigenvalue weighted by Gasteiger charge is 2.56. The van der Waals surface area contributed by atoms with Crippen molar-refractivity contribution in [3.63, 3.8) is 0 Å². The topological polar surface area (TPSA) is 158 Å². The molecule has 0 aromatic heterocycles. The van der Waals surface area contributed by atoms with Crippen molar-refractivity contribution >= 4 is 23.4 Å². The number of nitrogens with zero attached hydrogens (tertiary/aromatic N) is 1. The molecule has 0 aromatic carbocycles. The average molecular weight is 776 g/mol. The SMILES string of the molecule is CCC1/C=C(\C)CC(C)CC(OC)C2OC(O)(C(=O)C(=O)N3CCCCC3C(=O)OC(C(C)=CC3CCC(OC)C(O)C3)C(C)CCC1=O)C(C)CC2OC. The van der Waals surface area contributed by atoms with Crippen LogP contribution in [0, 0.1) is 29.6 Å². The number of aliphatic hydroxyl groups excluding tert-OH is 1. The van der Waals surface area contributed by atoms with Gasteiger partial charge in [0.2, 0.25) is 5.79 Å². The summed E-state index contributed by atoms with van der Waals surface area (Å²) in [6.07, 6.45) is 7.09. The number of esters is 1. The predicted octanol–water partition coefficient (Wildman–Crippen LogP) is 5.50. The van der Waals surface area contributed by atoms with Crippen LogP contribution in [0.3, 0.4) is 0 Å². The van der Waals surface area contributed by atoms with Gasteiger partial charge in [-0.25, -0.2) is 4.79 Å². The highest BCUT2D eigenvalue weighted by atomic mass is 16.7. The quantitative estimate of drug-likeness (QED) is 0.199. The molecule has 13 atom stereocenters. The third-order valence-corrected chi connectivity index (χ3v) is 12.8. The molecule has 0 spiro atoms. The number of ketones is 2. The van der Waals surface area contributed by atoms with Crippen LogP contribution in [0.5, 0.6) is 0 Å². The number of cyclic esters (lactones) is 1. The highest BCUT2D eigenvalue weighted by molar-refractivity contribution is 6.39. The van der Waals surface area contributed by atoms with E-state index in [1.165, 1.54) is 4.90 Å². The third kappa shape index (κ3) is 10.9. The van der Waals surface area contributed by atoms with Crippen molar-refractivity contribution in [3.8, 4) is 0 Å². The number of hydrogen-bond donors (Lipinski definition) is 2. The number of Topliss-reactive ketones (excluding diaryl/α,β-unsaturated/α-hetero) is 2. The molecule has 4 aliphatic rings. The Labute approximate surface area is 328 Å². The van der Waals surface area contributed by atoms with Gasteiger partial charge in [-0.3, -0.25) is 14.4 Å². The summed E-state index contributed by atoms with van der Waals surface area (Å²) in [6.45, 7) is 11.8. The molecule has 13 unspecified atom stereocenters. The number of aliphatic hydroxyl groups is 2. The molecule has 12 nitrogen and oxygen atoms in total. The van der Waals surface area contributed by atoms with Gasteiger partial charge in [0, 0.05) is 46.1 Å². The second-order valence-corrected chi connectivity index (χ2v) is 17.0. The van der Waals surface area contributed by atoms with Crippen LogP contribution in [0.2, 0.25) is 0 Å². The second-order valence-electron chi connectivity index (χ2n) is 17.0. The predicted molar refractivity (Wildman–Crippen MR) is 207 cm³/mol. The summed E-state index contributed by atoms with van der Waals surface area (Å²) in [4.78, 5) is 57.6. The van der Waals surface area contributed by atoms with Crippen LogP contribution >= 0.6 is 0 Å². The number of ether oxygens (including phenoxy) is 5. The Balaban J connectivity index is 1.73. The van der Waals surface area contributed by atoms with Crippen LogP contribution in [0.15, 0.2) is 23.3 Å². The molecule has 4 rings (SSSR count). The van der Waals surface area contributed by atoms with Crippen molar-refractivity contribution in [1.82, 2.24) is 4.90 Å². The first-order valence-corrected chi connectivity index (χ1v) is 20.7. The van der Waals surface area contributed by atoms with Crippen LogP contribution in [0.25, 0.3) is 0 Å². The van der Waals surface area contributed by atoms with Gasteiger partial charge in [0.1, 0.15) is 24.0 Å². The van der Waals surface area contributed by atoms with E-state index in [0.717, 1.165) is 17.6 Å². The number of carbonyl (C=O) groups is 4. The van der Waals surface area contributed by atoms with E-state index in [9.17, 15) is 29.4 Å². The number of piperidine rings is 1. The molecular formula is C43H69NO11. The molecule has 12 heteroatoms. The van der Waals surface area contributed by atoms with Gasteiger partial charge >= 0.3 is 5.97 Å². The summed E-state index contributed by atoms with van der Waals surface area (Å²) in [5.74, 6) is -6.24. The lowest BCUT2D eigenvalue weighted by molar-refractivity contribution is -0.302. The maximum absolute atomic E-state index is 14.2. The molecule has 1 aliphatic carbocycles. The lowest BCUT2D eigenvalue weighted by Gasteiger charge is -2.47. The van der Waals surface area contributed by atoms with Crippen molar-refractivity contribution in [3.05, 3.63) is 23.3 Å². The Hall–Kier alpha value is -2.48. The molecule has 1 saturated carbocycles. The fourth-order valence-electron chi connectivity index (χ4n) is 9.42. The Bertz CT molecular complexity index is 1400. The van der Waals surface area contributed by atoms with Gasteiger partial charge in [0.05, 0.1) is 24.4 Å². The Morgan fingerprint density at radius 3 is 2.25 bits per heavy atom. The largest absolute Gasteiger partial charge is 0.456 e. The number of rotatable bonds is 6. The monoisotopic (exact) mass is 775 g/mol. The first-order chi connectivity index (χ1) is 26.1. The maximum atomic E-state index is 14.2. The van der Waals surface area contributed by atoms with Gasteiger partial charge in [0.15, 0.2) is 0 Å². The van der Waals surface area contributed by atoms with Crippen LogP contribution in [0.1, 0.15) is 119 Å².